The number of hydrogen-bond acceptors (Lipinski definition) is 1. The van der Waals surface area contributed by atoms with Crippen LogP contribution in [0.5, 0.6) is 0 Å². The molecule has 0 amide bonds. The van der Waals surface area contributed by atoms with Gasteiger partial charge in [0.05, 0.1) is 5.56 Å². The van der Waals surface area contributed by atoms with E-state index >= 15 is 0 Å². The van der Waals surface area contributed by atoms with Crippen molar-refractivity contribution in [3.8, 4) is 0 Å². The molecule has 96 valence electrons. The Balaban J connectivity index is 3.16. The summed E-state index contributed by atoms with van der Waals surface area (Å²) in [5.41, 5.74) is -1.17. The fourth-order valence-electron chi connectivity index (χ4n) is 1.54. The molecule has 0 saturated heterocycles. The molecule has 0 unspecified atom stereocenters. The molecule has 0 radical (unpaired) electrons. The van der Waals surface area contributed by atoms with Gasteiger partial charge in [-0.1, -0.05) is 31.5 Å². The van der Waals surface area contributed by atoms with E-state index in [0.717, 1.165) is 6.07 Å². The Hall–Kier alpha value is -0.740. The third-order valence-electron chi connectivity index (χ3n) is 2.47. The molecule has 0 aliphatic rings. The summed E-state index contributed by atoms with van der Waals surface area (Å²) in [6, 6.07) is 3.71. The maximum Gasteiger partial charge on any atom is 0.416 e. The minimum atomic E-state index is -4.42. The summed E-state index contributed by atoms with van der Waals surface area (Å²) in [6.45, 7) is 3.25. The molecule has 0 aliphatic carbocycles. The van der Waals surface area contributed by atoms with Crippen LogP contribution in [-0.2, 0) is 12.6 Å². The van der Waals surface area contributed by atoms with Crippen LogP contribution in [0.1, 0.15) is 25.0 Å². The number of halogens is 4. The standard InChI is InChI=1S/C12H14ClF3O/c1-11(2,7-17)6-8-3-4-9(13)5-10(8)12(14,15)16/h3-5,17H,6-7H2,1-2H3. The van der Waals surface area contributed by atoms with Crippen LogP contribution in [0, 0.1) is 5.41 Å². The molecule has 0 bridgehead atoms. The average molecular weight is 267 g/mol. The lowest BCUT2D eigenvalue weighted by Crippen LogP contribution is -2.22. The molecule has 1 nitrogen and oxygen atoms in total. The summed E-state index contributed by atoms with van der Waals surface area (Å²) in [5.74, 6) is 0. The molecule has 17 heavy (non-hydrogen) atoms. The molecule has 0 spiro atoms. The van der Waals surface area contributed by atoms with Crippen LogP contribution >= 0.6 is 11.6 Å². The Labute approximate surface area is 103 Å². The van der Waals surface area contributed by atoms with Crippen LogP contribution in [0.15, 0.2) is 18.2 Å². The number of rotatable bonds is 3. The molecule has 1 aromatic rings. The fourth-order valence-corrected chi connectivity index (χ4v) is 1.71. The summed E-state index contributed by atoms with van der Waals surface area (Å²) in [4.78, 5) is 0. The predicted octanol–water partition coefficient (Wildman–Crippen LogP) is 3.92. The second kappa shape index (κ2) is 4.86. The van der Waals surface area contributed by atoms with E-state index in [1.54, 1.807) is 13.8 Å². The van der Waals surface area contributed by atoms with Gasteiger partial charge in [-0.05, 0) is 29.5 Å². The Kier molecular flexibility index (Phi) is 4.10. The molecule has 1 rings (SSSR count). The highest BCUT2D eigenvalue weighted by Crippen LogP contribution is 2.36. The van der Waals surface area contributed by atoms with E-state index in [-0.39, 0.29) is 23.6 Å². The SMILES string of the molecule is CC(C)(CO)Cc1ccc(Cl)cc1C(F)(F)F. The first kappa shape index (κ1) is 14.3. The molecule has 0 aliphatic heterocycles. The highest BCUT2D eigenvalue weighted by molar-refractivity contribution is 6.30. The van der Waals surface area contributed by atoms with Crippen LogP contribution in [0.4, 0.5) is 13.2 Å². The third-order valence-corrected chi connectivity index (χ3v) is 2.71. The molecular weight excluding hydrogens is 253 g/mol. The fraction of sp³-hybridized carbons (Fsp3) is 0.500. The van der Waals surface area contributed by atoms with E-state index in [1.807, 2.05) is 0 Å². The first-order valence-electron chi connectivity index (χ1n) is 5.12. The van der Waals surface area contributed by atoms with E-state index in [4.69, 9.17) is 16.7 Å². The third kappa shape index (κ3) is 3.89. The molecule has 0 aromatic heterocycles. The molecule has 0 saturated carbocycles. The van der Waals surface area contributed by atoms with Gasteiger partial charge in [0.1, 0.15) is 0 Å². The van der Waals surface area contributed by atoms with E-state index in [9.17, 15) is 13.2 Å². The van der Waals surface area contributed by atoms with Gasteiger partial charge in [0.15, 0.2) is 0 Å². The molecule has 1 N–H and O–H groups in total. The lowest BCUT2D eigenvalue weighted by atomic mass is 9.85. The van der Waals surface area contributed by atoms with Crippen LogP contribution in [0.2, 0.25) is 5.02 Å². The number of aliphatic hydroxyl groups is 1. The van der Waals surface area contributed by atoms with E-state index in [2.05, 4.69) is 0 Å². The van der Waals surface area contributed by atoms with E-state index in [0.29, 0.717) is 0 Å². The lowest BCUT2D eigenvalue weighted by Gasteiger charge is -2.24. The summed E-state index contributed by atoms with van der Waals surface area (Å²) < 4.78 is 38.4. The van der Waals surface area contributed by atoms with Crippen molar-refractivity contribution in [3.05, 3.63) is 34.3 Å². The minimum Gasteiger partial charge on any atom is -0.396 e. The first-order valence-corrected chi connectivity index (χ1v) is 5.50. The minimum absolute atomic E-state index is 0.0582. The zero-order chi connectivity index (χ0) is 13.3. The van der Waals surface area contributed by atoms with Crippen molar-refractivity contribution in [3.63, 3.8) is 0 Å². The summed E-state index contributed by atoms with van der Waals surface area (Å²) in [5, 5.41) is 9.15. The van der Waals surface area contributed by atoms with Crippen LogP contribution in [0.3, 0.4) is 0 Å². The van der Waals surface area contributed by atoms with Gasteiger partial charge in [0.25, 0.3) is 0 Å². The van der Waals surface area contributed by atoms with Crippen molar-refractivity contribution < 1.29 is 18.3 Å². The Morgan fingerprint density at radius 2 is 1.82 bits per heavy atom. The molecule has 1 aromatic carbocycles. The normalized spacial score (nSPS) is 12.9. The number of alkyl halides is 3. The lowest BCUT2D eigenvalue weighted by molar-refractivity contribution is -0.138. The molecular formula is C12H14ClF3O. The molecule has 0 fully saturated rings. The molecule has 5 heteroatoms. The van der Waals surface area contributed by atoms with Crippen molar-refractivity contribution in [1.29, 1.82) is 0 Å². The van der Waals surface area contributed by atoms with Crippen molar-refractivity contribution in [1.82, 2.24) is 0 Å². The van der Waals surface area contributed by atoms with Crippen LogP contribution in [-0.4, -0.2) is 11.7 Å². The first-order chi connectivity index (χ1) is 7.65. The topological polar surface area (TPSA) is 20.2 Å². The second-order valence-electron chi connectivity index (χ2n) is 4.80. The van der Waals surface area contributed by atoms with Gasteiger partial charge in [-0.3, -0.25) is 0 Å². The van der Waals surface area contributed by atoms with Crippen molar-refractivity contribution in [2.75, 3.05) is 6.61 Å². The Bertz CT molecular complexity index is 399. The largest absolute Gasteiger partial charge is 0.416 e. The van der Waals surface area contributed by atoms with Crippen molar-refractivity contribution >= 4 is 11.6 Å². The second-order valence-corrected chi connectivity index (χ2v) is 5.23. The van der Waals surface area contributed by atoms with Gasteiger partial charge in [-0.25, -0.2) is 0 Å². The average Bonchev–Trinajstić information content (AvgIpc) is 2.19. The Morgan fingerprint density at radius 1 is 1.24 bits per heavy atom. The van der Waals surface area contributed by atoms with Crippen LogP contribution in [0.25, 0.3) is 0 Å². The number of hydrogen-bond donors (Lipinski definition) is 1. The zero-order valence-electron chi connectivity index (χ0n) is 9.61. The van der Waals surface area contributed by atoms with Crippen molar-refractivity contribution in [2.24, 2.45) is 5.41 Å². The van der Waals surface area contributed by atoms with Gasteiger partial charge in [-0.2, -0.15) is 13.2 Å². The van der Waals surface area contributed by atoms with Gasteiger partial charge in [-0.15, -0.1) is 0 Å². The van der Waals surface area contributed by atoms with Gasteiger partial charge in [0.2, 0.25) is 0 Å². The number of benzene rings is 1. The zero-order valence-corrected chi connectivity index (χ0v) is 10.4. The van der Waals surface area contributed by atoms with E-state index < -0.39 is 17.2 Å². The summed E-state index contributed by atoms with van der Waals surface area (Å²) in [6.07, 6.45) is -4.28. The van der Waals surface area contributed by atoms with Gasteiger partial charge >= 0.3 is 6.18 Å². The summed E-state index contributed by atoms with van der Waals surface area (Å²) >= 11 is 5.58. The quantitative estimate of drug-likeness (QED) is 0.879. The monoisotopic (exact) mass is 266 g/mol. The Morgan fingerprint density at radius 3 is 2.29 bits per heavy atom. The maximum atomic E-state index is 12.8. The predicted molar refractivity (Wildman–Crippen MR) is 61.0 cm³/mol. The molecule has 0 heterocycles. The van der Waals surface area contributed by atoms with Crippen LogP contribution < -0.4 is 0 Å². The maximum absolute atomic E-state index is 12.8. The van der Waals surface area contributed by atoms with Gasteiger partial charge < -0.3 is 5.11 Å². The van der Waals surface area contributed by atoms with E-state index in [1.165, 1.54) is 12.1 Å². The smallest absolute Gasteiger partial charge is 0.396 e. The van der Waals surface area contributed by atoms with Crippen molar-refractivity contribution in [2.45, 2.75) is 26.4 Å². The highest BCUT2D eigenvalue weighted by Gasteiger charge is 2.34. The summed E-state index contributed by atoms with van der Waals surface area (Å²) in [7, 11) is 0. The number of aliphatic hydroxyl groups excluding tert-OH is 1. The molecule has 0 atom stereocenters. The highest BCUT2D eigenvalue weighted by atomic mass is 35.5. The van der Waals surface area contributed by atoms with Gasteiger partial charge in [0, 0.05) is 11.6 Å².